The molecule has 0 heterocycles. The van der Waals surface area contributed by atoms with Gasteiger partial charge >= 0.3 is 6.18 Å². The Hall–Kier alpha value is -1.03. The van der Waals surface area contributed by atoms with Crippen LogP contribution in [0.3, 0.4) is 0 Å². The summed E-state index contributed by atoms with van der Waals surface area (Å²) >= 11 is 0. The first-order valence-corrected chi connectivity index (χ1v) is 5.36. The van der Waals surface area contributed by atoms with E-state index < -0.39 is 17.8 Å². The summed E-state index contributed by atoms with van der Waals surface area (Å²) in [6, 6.07) is 4.30. The fourth-order valence-corrected chi connectivity index (χ4v) is 3.19. The van der Waals surface area contributed by atoms with Gasteiger partial charge in [-0.25, -0.2) is 0 Å². The second-order valence-corrected chi connectivity index (χ2v) is 4.65. The van der Waals surface area contributed by atoms with E-state index in [0.717, 1.165) is 6.07 Å². The third kappa shape index (κ3) is 1.22. The van der Waals surface area contributed by atoms with Gasteiger partial charge in [0.05, 0.1) is 11.7 Å². The van der Waals surface area contributed by atoms with Crippen molar-refractivity contribution in [3.05, 3.63) is 34.9 Å². The van der Waals surface area contributed by atoms with Crippen molar-refractivity contribution in [2.75, 3.05) is 0 Å². The summed E-state index contributed by atoms with van der Waals surface area (Å²) in [6.07, 6.45) is -3.59. The average molecular weight is 228 g/mol. The lowest BCUT2D eigenvalue weighted by Gasteiger charge is -2.23. The zero-order chi connectivity index (χ0) is 11.5. The molecule has 0 radical (unpaired) electrons. The van der Waals surface area contributed by atoms with Gasteiger partial charge in [-0.05, 0) is 36.0 Å². The zero-order valence-corrected chi connectivity index (χ0v) is 8.46. The first-order chi connectivity index (χ1) is 7.48. The smallest absolute Gasteiger partial charge is 0.392 e. The van der Waals surface area contributed by atoms with Crippen LogP contribution >= 0.6 is 0 Å². The van der Waals surface area contributed by atoms with Crippen molar-refractivity contribution in [1.29, 1.82) is 0 Å². The summed E-state index contributed by atoms with van der Waals surface area (Å²) in [5.41, 5.74) is 0.633. The first kappa shape index (κ1) is 10.1. The van der Waals surface area contributed by atoms with Crippen LogP contribution in [0.1, 0.15) is 41.4 Å². The summed E-state index contributed by atoms with van der Waals surface area (Å²) in [4.78, 5) is 0. The molecule has 3 unspecified atom stereocenters. The number of hydrogen-bond acceptors (Lipinski definition) is 1. The standard InChI is InChI=1S/C12H11F3O/c13-12(14,15)9-3-1-2-7-8-4-6(11(7)9)5-10(8)16/h1-3,6,8,10,16H,4-5H2. The molecule has 16 heavy (non-hydrogen) atoms. The molecule has 1 saturated carbocycles. The summed E-state index contributed by atoms with van der Waals surface area (Å²) in [6.45, 7) is 0. The average Bonchev–Trinajstić information content (AvgIpc) is 2.73. The summed E-state index contributed by atoms with van der Waals surface area (Å²) in [5, 5.41) is 9.68. The van der Waals surface area contributed by atoms with E-state index >= 15 is 0 Å². The Bertz CT molecular complexity index is 438. The largest absolute Gasteiger partial charge is 0.416 e. The molecule has 1 nitrogen and oxygen atoms in total. The Balaban J connectivity index is 2.17. The van der Waals surface area contributed by atoms with E-state index in [1.54, 1.807) is 6.07 Å². The number of aliphatic hydroxyl groups is 1. The molecule has 3 rings (SSSR count). The van der Waals surface area contributed by atoms with E-state index in [1.165, 1.54) is 6.07 Å². The predicted molar refractivity (Wildman–Crippen MR) is 52.2 cm³/mol. The lowest BCUT2D eigenvalue weighted by molar-refractivity contribution is -0.138. The molecular formula is C12H11F3O. The molecule has 0 amide bonds. The lowest BCUT2D eigenvalue weighted by Crippen LogP contribution is -2.19. The van der Waals surface area contributed by atoms with Crippen LogP contribution in [-0.4, -0.2) is 11.2 Å². The van der Waals surface area contributed by atoms with Gasteiger partial charge in [-0.15, -0.1) is 0 Å². The molecule has 0 aliphatic heterocycles. The van der Waals surface area contributed by atoms with Gasteiger partial charge in [0.1, 0.15) is 0 Å². The van der Waals surface area contributed by atoms with E-state index in [9.17, 15) is 18.3 Å². The van der Waals surface area contributed by atoms with E-state index in [0.29, 0.717) is 24.0 Å². The van der Waals surface area contributed by atoms with Crippen molar-refractivity contribution in [1.82, 2.24) is 0 Å². The van der Waals surface area contributed by atoms with Crippen LogP contribution in [0, 0.1) is 0 Å². The Morgan fingerprint density at radius 3 is 2.62 bits per heavy atom. The van der Waals surface area contributed by atoms with Gasteiger partial charge in [0, 0.05) is 5.92 Å². The number of fused-ring (bicyclic) bond motifs is 5. The van der Waals surface area contributed by atoms with E-state index in [1.807, 2.05) is 0 Å². The third-order valence-electron chi connectivity index (χ3n) is 3.78. The first-order valence-electron chi connectivity index (χ1n) is 5.36. The highest BCUT2D eigenvalue weighted by atomic mass is 19.4. The van der Waals surface area contributed by atoms with E-state index in [4.69, 9.17) is 0 Å². The molecule has 0 saturated heterocycles. The quantitative estimate of drug-likeness (QED) is 0.723. The van der Waals surface area contributed by atoms with Crippen LogP contribution in [0.15, 0.2) is 18.2 Å². The Kier molecular flexibility index (Phi) is 1.90. The molecule has 1 aromatic carbocycles. The second kappa shape index (κ2) is 3.00. The van der Waals surface area contributed by atoms with Crippen molar-refractivity contribution in [2.24, 2.45) is 0 Å². The number of aliphatic hydroxyl groups excluding tert-OH is 1. The Morgan fingerprint density at radius 1 is 1.19 bits per heavy atom. The van der Waals surface area contributed by atoms with Gasteiger partial charge in [-0.2, -0.15) is 13.2 Å². The number of hydrogen-bond donors (Lipinski definition) is 1. The Labute approximate surface area is 90.9 Å². The van der Waals surface area contributed by atoms with Gasteiger partial charge in [0.2, 0.25) is 0 Å². The highest BCUT2D eigenvalue weighted by Gasteiger charge is 2.47. The highest BCUT2D eigenvalue weighted by molar-refractivity contribution is 5.48. The summed E-state index contributed by atoms with van der Waals surface area (Å²) in [7, 11) is 0. The maximum absolute atomic E-state index is 12.8. The van der Waals surface area contributed by atoms with Crippen molar-refractivity contribution < 1.29 is 18.3 Å². The minimum atomic E-state index is -4.28. The van der Waals surface area contributed by atoms with Crippen molar-refractivity contribution in [2.45, 2.75) is 37.0 Å². The van der Waals surface area contributed by atoms with Gasteiger partial charge in [-0.3, -0.25) is 0 Å². The van der Waals surface area contributed by atoms with Crippen molar-refractivity contribution >= 4 is 0 Å². The molecule has 1 fully saturated rings. The van der Waals surface area contributed by atoms with Gasteiger partial charge in [0.15, 0.2) is 0 Å². The zero-order valence-electron chi connectivity index (χ0n) is 8.46. The monoisotopic (exact) mass is 228 g/mol. The number of benzene rings is 1. The van der Waals surface area contributed by atoms with Crippen molar-refractivity contribution in [3.63, 3.8) is 0 Å². The molecule has 1 aromatic rings. The van der Waals surface area contributed by atoms with Crippen LogP contribution < -0.4 is 0 Å². The van der Waals surface area contributed by atoms with Crippen LogP contribution in [0.2, 0.25) is 0 Å². The topological polar surface area (TPSA) is 20.2 Å². The van der Waals surface area contributed by atoms with E-state index in [-0.39, 0.29) is 11.8 Å². The lowest BCUT2D eigenvalue weighted by atomic mass is 9.86. The van der Waals surface area contributed by atoms with Gasteiger partial charge in [-0.1, -0.05) is 12.1 Å². The second-order valence-electron chi connectivity index (χ2n) is 4.65. The third-order valence-corrected chi connectivity index (χ3v) is 3.78. The molecule has 4 heteroatoms. The molecule has 2 aliphatic rings. The molecule has 0 aromatic heterocycles. The summed E-state index contributed by atoms with van der Waals surface area (Å²) in [5.74, 6) is -0.185. The maximum Gasteiger partial charge on any atom is 0.416 e. The highest BCUT2D eigenvalue weighted by Crippen LogP contribution is 2.55. The molecular weight excluding hydrogens is 217 g/mol. The molecule has 2 aliphatic carbocycles. The molecule has 86 valence electrons. The van der Waals surface area contributed by atoms with Crippen LogP contribution in [0.25, 0.3) is 0 Å². The number of halogens is 3. The summed E-state index contributed by atoms with van der Waals surface area (Å²) < 4.78 is 38.4. The van der Waals surface area contributed by atoms with Gasteiger partial charge < -0.3 is 5.11 Å². The fraction of sp³-hybridized carbons (Fsp3) is 0.500. The minimum Gasteiger partial charge on any atom is -0.392 e. The molecule has 3 atom stereocenters. The van der Waals surface area contributed by atoms with Crippen LogP contribution in [-0.2, 0) is 6.18 Å². The fourth-order valence-electron chi connectivity index (χ4n) is 3.19. The molecule has 1 N–H and O–H groups in total. The molecule has 0 spiro atoms. The van der Waals surface area contributed by atoms with Crippen molar-refractivity contribution in [3.8, 4) is 0 Å². The van der Waals surface area contributed by atoms with Crippen LogP contribution in [0.5, 0.6) is 0 Å². The minimum absolute atomic E-state index is 0.0812. The molecule has 2 bridgehead atoms. The van der Waals surface area contributed by atoms with Crippen LogP contribution in [0.4, 0.5) is 13.2 Å². The number of rotatable bonds is 0. The maximum atomic E-state index is 12.8. The van der Waals surface area contributed by atoms with Gasteiger partial charge in [0.25, 0.3) is 0 Å². The SMILES string of the molecule is OC1CC2CC1c1cccc(C(F)(F)F)c12. The normalized spacial score (nSPS) is 31.9. The predicted octanol–water partition coefficient (Wildman–Crippen LogP) is 3.04. The number of alkyl halides is 3. The van der Waals surface area contributed by atoms with E-state index in [2.05, 4.69) is 0 Å². The Morgan fingerprint density at radius 2 is 1.94 bits per heavy atom.